The monoisotopic (exact) mass is 366 g/mol. The van der Waals surface area contributed by atoms with Crippen molar-refractivity contribution in [2.45, 2.75) is 45.8 Å². The highest BCUT2D eigenvalue weighted by Crippen LogP contribution is 2.36. The van der Waals surface area contributed by atoms with Gasteiger partial charge in [0.15, 0.2) is 0 Å². The maximum atomic E-state index is 12.0. The number of β-amino-alcohol motifs (C(OH)–C–C–N with tert-alkyl or cyclic N) is 1. The smallest absolute Gasteiger partial charge is 0.232 e. The molecule has 1 fully saturated rings. The molecule has 5 nitrogen and oxygen atoms in total. The number of anilines is 1. The summed E-state index contributed by atoms with van der Waals surface area (Å²) < 4.78 is 25.5. The Kier molecular flexibility index (Phi) is 5.15. The quantitative estimate of drug-likeness (QED) is 0.889. The van der Waals surface area contributed by atoms with Gasteiger partial charge in [-0.2, -0.15) is 0 Å². The number of hydrogen-bond donors (Lipinski definition) is 1. The molecule has 4 atom stereocenters. The van der Waals surface area contributed by atoms with Crippen LogP contribution in [-0.2, 0) is 16.4 Å². The number of aliphatic hydroxyl groups excluding tert-OH is 1. The standard InChI is InChI=1S/C19H30N2O3S/c1-13-7-14(2)11-20(10-13)12-19(22)16-5-6-18-17(9-16)8-15(3)21(18)25(4,23)24/h5-6,9,13-15,19,22H,7-8,10-12H2,1-4H3/t13-,14+,15-,19+/m1/s1. The van der Waals surface area contributed by atoms with Crippen molar-refractivity contribution >= 4 is 15.7 Å². The van der Waals surface area contributed by atoms with Crippen LogP contribution in [0, 0.1) is 11.8 Å². The molecule has 0 saturated carbocycles. The topological polar surface area (TPSA) is 60.9 Å². The Morgan fingerprint density at radius 1 is 1.20 bits per heavy atom. The van der Waals surface area contributed by atoms with Crippen LogP contribution in [0.25, 0.3) is 0 Å². The van der Waals surface area contributed by atoms with E-state index < -0.39 is 16.1 Å². The predicted octanol–water partition coefficient (Wildman–Crippen LogP) is 2.41. The van der Waals surface area contributed by atoms with Crippen LogP contribution >= 0.6 is 0 Å². The third kappa shape index (κ3) is 4.01. The van der Waals surface area contributed by atoms with E-state index in [1.165, 1.54) is 17.0 Å². The van der Waals surface area contributed by atoms with Gasteiger partial charge in [0.25, 0.3) is 0 Å². The number of piperidine rings is 1. The van der Waals surface area contributed by atoms with Crippen molar-refractivity contribution in [2.24, 2.45) is 11.8 Å². The number of benzene rings is 1. The van der Waals surface area contributed by atoms with E-state index in [0.29, 0.717) is 24.8 Å². The normalized spacial score (nSPS) is 28.8. The van der Waals surface area contributed by atoms with E-state index in [1.807, 2.05) is 25.1 Å². The van der Waals surface area contributed by atoms with Gasteiger partial charge in [-0.3, -0.25) is 9.21 Å². The Hall–Kier alpha value is -1.11. The molecule has 2 aliphatic rings. The largest absolute Gasteiger partial charge is 0.387 e. The van der Waals surface area contributed by atoms with E-state index in [9.17, 15) is 13.5 Å². The maximum absolute atomic E-state index is 12.0. The molecule has 3 rings (SSSR count). The average molecular weight is 367 g/mol. The molecule has 0 spiro atoms. The molecule has 0 radical (unpaired) electrons. The summed E-state index contributed by atoms with van der Waals surface area (Å²) >= 11 is 0. The van der Waals surface area contributed by atoms with Gasteiger partial charge >= 0.3 is 0 Å². The lowest BCUT2D eigenvalue weighted by atomic mass is 9.91. The maximum Gasteiger partial charge on any atom is 0.232 e. The lowest BCUT2D eigenvalue weighted by Crippen LogP contribution is -2.40. The third-order valence-corrected chi connectivity index (χ3v) is 6.65. The van der Waals surface area contributed by atoms with E-state index in [0.717, 1.165) is 29.9 Å². The third-order valence-electron chi connectivity index (χ3n) is 5.37. The van der Waals surface area contributed by atoms with Gasteiger partial charge in [-0.25, -0.2) is 8.42 Å². The van der Waals surface area contributed by atoms with Crippen molar-refractivity contribution in [3.8, 4) is 0 Å². The molecular weight excluding hydrogens is 336 g/mol. The number of hydrogen-bond acceptors (Lipinski definition) is 4. The molecule has 25 heavy (non-hydrogen) atoms. The molecule has 2 heterocycles. The Morgan fingerprint density at radius 2 is 1.84 bits per heavy atom. The first-order valence-electron chi connectivity index (χ1n) is 9.17. The minimum absolute atomic E-state index is 0.0683. The van der Waals surface area contributed by atoms with Crippen LogP contribution in [0.15, 0.2) is 18.2 Å². The van der Waals surface area contributed by atoms with Crippen molar-refractivity contribution in [2.75, 3.05) is 30.2 Å². The summed E-state index contributed by atoms with van der Waals surface area (Å²) in [5.74, 6) is 1.33. The Bertz CT molecular complexity index is 724. The fourth-order valence-electron chi connectivity index (χ4n) is 4.63. The number of fused-ring (bicyclic) bond motifs is 1. The van der Waals surface area contributed by atoms with Crippen LogP contribution in [0.5, 0.6) is 0 Å². The van der Waals surface area contributed by atoms with Gasteiger partial charge in [-0.1, -0.05) is 26.0 Å². The van der Waals surface area contributed by atoms with Crippen LogP contribution in [0.3, 0.4) is 0 Å². The fourth-order valence-corrected chi connectivity index (χ4v) is 5.89. The first-order valence-corrected chi connectivity index (χ1v) is 11.0. The molecular formula is C19H30N2O3S. The van der Waals surface area contributed by atoms with Crippen LogP contribution in [-0.4, -0.2) is 50.4 Å². The van der Waals surface area contributed by atoms with E-state index in [1.54, 1.807) is 0 Å². The summed E-state index contributed by atoms with van der Waals surface area (Å²) in [6, 6.07) is 5.63. The second-order valence-corrected chi connectivity index (χ2v) is 10.0. The second-order valence-electron chi connectivity index (χ2n) is 8.18. The summed E-state index contributed by atoms with van der Waals surface area (Å²) in [6.45, 7) is 9.17. The average Bonchev–Trinajstić information content (AvgIpc) is 2.80. The molecule has 1 N–H and O–H groups in total. The van der Waals surface area contributed by atoms with Crippen LogP contribution in [0.2, 0.25) is 0 Å². The summed E-state index contributed by atoms with van der Waals surface area (Å²) in [6.07, 6.45) is 2.66. The molecule has 1 aromatic rings. The molecule has 1 aromatic carbocycles. The number of aliphatic hydroxyl groups is 1. The SMILES string of the molecule is C[C@@H]1C[C@H](C)CN(C[C@H](O)c2ccc3c(c2)C[C@@H](C)N3S(C)(=O)=O)C1. The van der Waals surface area contributed by atoms with Gasteiger partial charge in [0, 0.05) is 25.7 Å². The van der Waals surface area contributed by atoms with Crippen LogP contribution in [0.4, 0.5) is 5.69 Å². The van der Waals surface area contributed by atoms with Crippen LogP contribution in [0.1, 0.15) is 44.4 Å². The zero-order chi connectivity index (χ0) is 18.4. The molecule has 0 unspecified atom stereocenters. The minimum atomic E-state index is -3.27. The lowest BCUT2D eigenvalue weighted by Gasteiger charge is -2.36. The van der Waals surface area contributed by atoms with E-state index in [2.05, 4.69) is 18.7 Å². The summed E-state index contributed by atoms with van der Waals surface area (Å²) in [5.41, 5.74) is 2.65. The number of rotatable bonds is 4. The number of sulfonamides is 1. The number of likely N-dealkylation sites (tertiary alicyclic amines) is 1. The molecule has 0 aromatic heterocycles. The molecule has 6 heteroatoms. The first-order chi connectivity index (χ1) is 11.6. The molecule has 2 aliphatic heterocycles. The van der Waals surface area contributed by atoms with E-state index >= 15 is 0 Å². The summed E-state index contributed by atoms with van der Waals surface area (Å²) in [4.78, 5) is 2.35. The Morgan fingerprint density at radius 3 is 2.44 bits per heavy atom. The van der Waals surface area contributed by atoms with Gasteiger partial charge < -0.3 is 5.11 Å². The van der Waals surface area contributed by atoms with E-state index in [-0.39, 0.29) is 6.04 Å². The highest BCUT2D eigenvalue weighted by Gasteiger charge is 2.33. The van der Waals surface area contributed by atoms with Gasteiger partial charge in [-0.15, -0.1) is 0 Å². The molecule has 1 saturated heterocycles. The highest BCUT2D eigenvalue weighted by atomic mass is 32.2. The van der Waals surface area contributed by atoms with Crippen molar-refractivity contribution < 1.29 is 13.5 Å². The molecule has 0 aliphatic carbocycles. The van der Waals surface area contributed by atoms with Gasteiger partial charge in [0.2, 0.25) is 10.0 Å². The van der Waals surface area contributed by atoms with Crippen molar-refractivity contribution in [1.82, 2.24) is 4.90 Å². The van der Waals surface area contributed by atoms with Crippen molar-refractivity contribution in [1.29, 1.82) is 0 Å². The molecule has 0 amide bonds. The fraction of sp³-hybridized carbons (Fsp3) is 0.684. The van der Waals surface area contributed by atoms with E-state index in [4.69, 9.17) is 0 Å². The second kappa shape index (κ2) is 6.89. The van der Waals surface area contributed by atoms with Crippen molar-refractivity contribution in [3.63, 3.8) is 0 Å². The molecule has 140 valence electrons. The zero-order valence-corrected chi connectivity index (χ0v) is 16.5. The predicted molar refractivity (Wildman–Crippen MR) is 101 cm³/mol. The Labute approximate surface area is 151 Å². The summed E-state index contributed by atoms with van der Waals surface area (Å²) in [7, 11) is -3.27. The first kappa shape index (κ1) is 18.7. The molecule has 0 bridgehead atoms. The highest BCUT2D eigenvalue weighted by molar-refractivity contribution is 7.92. The van der Waals surface area contributed by atoms with Crippen LogP contribution < -0.4 is 4.31 Å². The lowest BCUT2D eigenvalue weighted by molar-refractivity contribution is 0.0699. The van der Waals surface area contributed by atoms with Gasteiger partial charge in [-0.05, 0) is 48.8 Å². The van der Waals surface area contributed by atoms with Gasteiger partial charge in [0.1, 0.15) is 0 Å². The van der Waals surface area contributed by atoms with Gasteiger partial charge in [0.05, 0.1) is 18.0 Å². The Balaban J connectivity index is 1.75. The minimum Gasteiger partial charge on any atom is -0.387 e. The summed E-state index contributed by atoms with van der Waals surface area (Å²) in [5, 5.41) is 10.7. The van der Waals surface area contributed by atoms with Crippen molar-refractivity contribution in [3.05, 3.63) is 29.3 Å². The zero-order valence-electron chi connectivity index (χ0n) is 15.6. The number of nitrogens with zero attached hydrogens (tertiary/aromatic N) is 2.